The molecule has 0 fully saturated rings. The first-order valence-corrected chi connectivity index (χ1v) is 9.57. The molecule has 120 valence electrons. The maximum Gasteiger partial charge on any atom is 0.141 e. The molecule has 0 aliphatic carbocycles. The van der Waals surface area contributed by atoms with Gasteiger partial charge in [-0.3, -0.25) is 0 Å². The van der Waals surface area contributed by atoms with Crippen molar-refractivity contribution in [3.05, 3.63) is 41.5 Å². The van der Waals surface area contributed by atoms with Crippen LogP contribution in [0.15, 0.2) is 36.5 Å². The zero-order valence-corrected chi connectivity index (χ0v) is 15.1. The van der Waals surface area contributed by atoms with Crippen molar-refractivity contribution in [2.75, 3.05) is 13.6 Å². The molecule has 3 aromatic heterocycles. The highest BCUT2D eigenvalue weighted by atomic mass is 32.1. The van der Waals surface area contributed by atoms with E-state index in [1.165, 1.54) is 15.1 Å². The van der Waals surface area contributed by atoms with E-state index in [4.69, 9.17) is 9.97 Å². The quantitative estimate of drug-likeness (QED) is 0.529. The average Bonchev–Trinajstić information content (AvgIpc) is 3.29. The fourth-order valence-corrected chi connectivity index (χ4v) is 5.30. The molecule has 5 rings (SSSR count). The normalized spacial score (nSPS) is 14.9. The van der Waals surface area contributed by atoms with E-state index in [-0.39, 0.29) is 0 Å². The van der Waals surface area contributed by atoms with Gasteiger partial charge in [-0.2, -0.15) is 0 Å². The van der Waals surface area contributed by atoms with E-state index < -0.39 is 0 Å². The molecule has 24 heavy (non-hydrogen) atoms. The highest BCUT2D eigenvalue weighted by Gasteiger charge is 2.18. The first-order valence-electron chi connectivity index (χ1n) is 7.93. The summed E-state index contributed by atoms with van der Waals surface area (Å²) in [7, 11) is 4.19. The van der Waals surface area contributed by atoms with Crippen LogP contribution >= 0.6 is 22.7 Å². The Kier molecular flexibility index (Phi) is 3.05. The van der Waals surface area contributed by atoms with Crippen molar-refractivity contribution in [1.29, 1.82) is 0 Å². The maximum atomic E-state index is 4.87. The van der Waals surface area contributed by atoms with Crippen LogP contribution in [-0.2, 0) is 7.05 Å². The van der Waals surface area contributed by atoms with Crippen molar-refractivity contribution >= 4 is 48.8 Å². The Morgan fingerprint density at radius 2 is 1.71 bits per heavy atom. The smallest absolute Gasteiger partial charge is 0.141 e. The van der Waals surface area contributed by atoms with Gasteiger partial charge in [0, 0.05) is 26.8 Å². The summed E-state index contributed by atoms with van der Waals surface area (Å²) in [5.41, 5.74) is 4.56. The highest BCUT2D eigenvalue weighted by molar-refractivity contribution is 7.22. The lowest BCUT2D eigenvalue weighted by molar-refractivity contribution is 0.517. The second kappa shape index (κ2) is 5.16. The van der Waals surface area contributed by atoms with E-state index in [1.54, 1.807) is 22.7 Å². The van der Waals surface area contributed by atoms with Gasteiger partial charge in [0.1, 0.15) is 10.0 Å². The minimum absolute atomic E-state index is 1.06. The molecule has 1 aliphatic rings. The summed E-state index contributed by atoms with van der Waals surface area (Å²) in [5.74, 6) is 0. The minimum atomic E-state index is 1.06. The molecule has 0 spiro atoms. The number of nitrogens with zero attached hydrogens (tertiary/aromatic N) is 4. The first kappa shape index (κ1) is 14.2. The second-order valence-corrected chi connectivity index (χ2v) is 8.19. The number of aryl methyl sites for hydroxylation is 1. The van der Waals surface area contributed by atoms with Crippen molar-refractivity contribution in [3.8, 4) is 10.7 Å². The molecule has 0 N–H and O–H groups in total. The van der Waals surface area contributed by atoms with Crippen LogP contribution in [0.4, 0.5) is 0 Å². The largest absolute Gasteiger partial charge is 0.372 e. The summed E-state index contributed by atoms with van der Waals surface area (Å²) in [5, 5.41) is 2.18. The average molecular weight is 352 g/mol. The van der Waals surface area contributed by atoms with Gasteiger partial charge in [0.15, 0.2) is 0 Å². The fraction of sp³-hybridized carbons (Fsp3) is 0.222. The molecule has 6 heteroatoms. The fourth-order valence-electron chi connectivity index (χ4n) is 3.17. The molecule has 4 heterocycles. The number of aromatic nitrogens is 3. The van der Waals surface area contributed by atoms with Crippen LogP contribution in [0, 0.1) is 0 Å². The molecule has 0 saturated heterocycles. The predicted octanol–water partition coefficient (Wildman–Crippen LogP) is 4.59. The summed E-state index contributed by atoms with van der Waals surface area (Å²) in [6.45, 7) is 1.09. The zero-order chi connectivity index (χ0) is 16.3. The lowest BCUT2D eigenvalue weighted by Gasteiger charge is -2.12. The molecule has 0 atom stereocenters. The summed E-state index contributed by atoms with van der Waals surface area (Å²) < 4.78 is 4.52. The Bertz CT molecular complexity index is 1050. The number of fused-ring (bicyclic) bond motifs is 2. The number of hydrogen-bond donors (Lipinski definition) is 0. The Labute approximate surface area is 147 Å². The van der Waals surface area contributed by atoms with Crippen LogP contribution in [0.5, 0.6) is 0 Å². The van der Waals surface area contributed by atoms with E-state index in [0.717, 1.165) is 39.7 Å². The molecule has 1 aromatic carbocycles. The Hall–Kier alpha value is -2.18. The van der Waals surface area contributed by atoms with Crippen LogP contribution in [0.2, 0.25) is 0 Å². The van der Waals surface area contributed by atoms with Crippen LogP contribution in [0.1, 0.15) is 11.4 Å². The van der Waals surface area contributed by atoms with E-state index in [0.29, 0.717) is 0 Å². The summed E-state index contributed by atoms with van der Waals surface area (Å²) in [6, 6.07) is 8.53. The Morgan fingerprint density at radius 1 is 1.00 bits per heavy atom. The van der Waals surface area contributed by atoms with Gasteiger partial charge in [-0.15, -0.1) is 22.7 Å². The molecule has 0 saturated carbocycles. The van der Waals surface area contributed by atoms with E-state index in [1.807, 2.05) is 0 Å². The third kappa shape index (κ3) is 2.10. The van der Waals surface area contributed by atoms with Crippen molar-refractivity contribution < 1.29 is 0 Å². The van der Waals surface area contributed by atoms with E-state index in [2.05, 4.69) is 60.1 Å². The lowest BCUT2D eigenvalue weighted by atomic mass is 10.3. The monoisotopic (exact) mass is 352 g/mol. The first-order chi connectivity index (χ1) is 11.7. The standard InChI is InChI=1S/C18H16N4S2/c1-21-7-3-5-13(21)17-19-11-9-16-12(10-15(11)23-17)20-18(24-16)14-6-4-8-22(14)2/h3,5-7,9-10H,4,8H2,1-2H3. The Morgan fingerprint density at radius 3 is 2.33 bits per heavy atom. The van der Waals surface area contributed by atoms with Gasteiger partial charge < -0.3 is 9.47 Å². The minimum Gasteiger partial charge on any atom is -0.372 e. The topological polar surface area (TPSA) is 34.0 Å². The Balaban J connectivity index is 1.64. The SMILES string of the molecule is CN1CCC=C1c1nc2cc3sc(-c4cccn4C)nc3cc2s1. The molecule has 0 radical (unpaired) electrons. The zero-order valence-electron chi connectivity index (χ0n) is 13.5. The van der Waals surface area contributed by atoms with Gasteiger partial charge in [0.2, 0.25) is 0 Å². The predicted molar refractivity (Wildman–Crippen MR) is 102 cm³/mol. The van der Waals surface area contributed by atoms with Crippen molar-refractivity contribution in [2.24, 2.45) is 7.05 Å². The third-order valence-corrected chi connectivity index (χ3v) is 6.57. The van der Waals surface area contributed by atoms with Crippen LogP contribution in [0.25, 0.3) is 36.8 Å². The van der Waals surface area contributed by atoms with Crippen LogP contribution in [-0.4, -0.2) is 33.0 Å². The van der Waals surface area contributed by atoms with Gasteiger partial charge in [-0.05, 0) is 30.7 Å². The number of thiazole rings is 2. The van der Waals surface area contributed by atoms with Crippen molar-refractivity contribution in [3.63, 3.8) is 0 Å². The third-order valence-electron chi connectivity index (χ3n) is 4.49. The molecule has 0 unspecified atom stereocenters. The molecular formula is C18H16N4S2. The van der Waals surface area contributed by atoms with Gasteiger partial charge in [-0.25, -0.2) is 9.97 Å². The lowest BCUT2D eigenvalue weighted by Crippen LogP contribution is -2.11. The number of hydrogen-bond acceptors (Lipinski definition) is 5. The number of rotatable bonds is 2. The summed E-state index contributed by atoms with van der Waals surface area (Å²) >= 11 is 3.50. The summed E-state index contributed by atoms with van der Waals surface area (Å²) in [6.07, 6.45) is 5.45. The molecule has 4 nitrogen and oxygen atoms in total. The molecule has 1 aliphatic heterocycles. The van der Waals surface area contributed by atoms with E-state index in [9.17, 15) is 0 Å². The summed E-state index contributed by atoms with van der Waals surface area (Å²) in [4.78, 5) is 12.0. The maximum absolute atomic E-state index is 4.87. The van der Waals surface area contributed by atoms with Crippen LogP contribution < -0.4 is 0 Å². The molecule has 0 amide bonds. The van der Waals surface area contributed by atoms with Gasteiger partial charge >= 0.3 is 0 Å². The second-order valence-electron chi connectivity index (χ2n) is 6.13. The van der Waals surface area contributed by atoms with Gasteiger partial charge in [-0.1, -0.05) is 6.08 Å². The molecular weight excluding hydrogens is 336 g/mol. The molecule has 4 aromatic rings. The van der Waals surface area contributed by atoms with Crippen LogP contribution in [0.3, 0.4) is 0 Å². The van der Waals surface area contributed by atoms with Crippen molar-refractivity contribution in [1.82, 2.24) is 19.4 Å². The number of benzene rings is 1. The van der Waals surface area contributed by atoms with Crippen molar-refractivity contribution in [2.45, 2.75) is 6.42 Å². The van der Waals surface area contributed by atoms with E-state index >= 15 is 0 Å². The van der Waals surface area contributed by atoms with Gasteiger partial charge in [0.25, 0.3) is 0 Å². The molecule has 0 bridgehead atoms. The van der Waals surface area contributed by atoms with Gasteiger partial charge in [0.05, 0.1) is 31.8 Å². The highest BCUT2D eigenvalue weighted by Crippen LogP contribution is 2.36.